The maximum absolute atomic E-state index is 12.9. The fourth-order valence-electron chi connectivity index (χ4n) is 8.63. The van der Waals surface area contributed by atoms with Crippen molar-refractivity contribution >= 4 is 36.2 Å². The highest BCUT2D eigenvalue weighted by molar-refractivity contribution is 5.78. The van der Waals surface area contributed by atoms with E-state index in [9.17, 15) is 28.8 Å². The zero-order valence-corrected chi connectivity index (χ0v) is 43.4. The van der Waals surface area contributed by atoms with Gasteiger partial charge in [-0.25, -0.2) is 14.4 Å². The standard InChI is InChI=1S/C20H29NO5.C15H27NO5.C14H25NO5/c1-19(2,3)26-18(23)21-13-16(17(22)25-5)12-20(21,14-24-4)11-15-9-7-6-8-10-15;1-7-20-10-15(5)8-11(12(17)19-6)9-16(15)13(18)21-14(2,3)4;1-13(2,3)20-12(17)15-8-10(11(16)19-6)7-14(15,4)9-18-5/h6-10,16H,11-14H2,1-5H3;11H,7-10H2,1-6H3;10H,7-9H2,1-6H3/t16-,20-;11-,15-;10-,14-/m000/s1/i;;11+1. The first-order valence-corrected chi connectivity index (χ1v) is 22.8. The summed E-state index contributed by atoms with van der Waals surface area (Å²) in [5, 5.41) is 0. The third-order valence-corrected chi connectivity index (χ3v) is 11.4. The molecule has 3 saturated heterocycles. The molecule has 3 heterocycles. The van der Waals surface area contributed by atoms with Gasteiger partial charge in [0.15, 0.2) is 0 Å². The van der Waals surface area contributed by atoms with Gasteiger partial charge < -0.3 is 42.6 Å². The van der Waals surface area contributed by atoms with Gasteiger partial charge in [0.2, 0.25) is 0 Å². The molecule has 0 bridgehead atoms. The Labute approximate surface area is 398 Å². The minimum atomic E-state index is -0.655. The molecular weight excluding hydrogens is 872 g/mol. The molecule has 4 rings (SSSR count). The highest BCUT2D eigenvalue weighted by Gasteiger charge is 2.53. The number of benzene rings is 1. The maximum atomic E-state index is 12.9. The van der Waals surface area contributed by atoms with Gasteiger partial charge in [-0.3, -0.25) is 29.1 Å². The van der Waals surface area contributed by atoms with E-state index in [-0.39, 0.29) is 36.3 Å². The summed E-state index contributed by atoms with van der Waals surface area (Å²) in [5.41, 5.74) is -2.47. The predicted molar refractivity (Wildman–Crippen MR) is 249 cm³/mol. The molecule has 0 radical (unpaired) electrons. The molecule has 0 aliphatic carbocycles. The summed E-state index contributed by atoms with van der Waals surface area (Å²) in [5.74, 6) is -2.00. The molecule has 0 unspecified atom stereocenters. The Hall–Kier alpha value is -4.68. The second-order valence-electron chi connectivity index (χ2n) is 20.9. The molecule has 0 spiro atoms. The number of carbonyl (C=O) groups is 6. The number of nitrogens with zero attached hydrogens (tertiary/aromatic N) is 3. The quantitative estimate of drug-likeness (QED) is 0.117. The van der Waals surface area contributed by atoms with Crippen LogP contribution in [0.4, 0.5) is 14.4 Å². The van der Waals surface area contributed by atoms with Gasteiger partial charge in [-0.15, -0.1) is 0 Å². The van der Waals surface area contributed by atoms with Crippen molar-refractivity contribution in [2.24, 2.45) is 17.8 Å². The van der Waals surface area contributed by atoms with Crippen molar-refractivity contribution in [3.63, 3.8) is 0 Å². The average Bonchev–Trinajstić information content (AvgIpc) is 3.90. The van der Waals surface area contributed by atoms with Crippen LogP contribution in [-0.2, 0) is 63.4 Å². The van der Waals surface area contributed by atoms with Crippen LogP contribution < -0.4 is 0 Å². The average molecular weight is 953 g/mol. The Morgan fingerprint density at radius 3 is 1.25 bits per heavy atom. The summed E-state index contributed by atoms with van der Waals surface area (Å²) in [6.45, 7) is 24.5. The van der Waals surface area contributed by atoms with E-state index in [0.29, 0.717) is 65.2 Å². The molecule has 3 aliphatic heterocycles. The van der Waals surface area contributed by atoms with E-state index in [2.05, 4.69) is 0 Å². The van der Waals surface area contributed by atoms with Crippen LogP contribution in [0.15, 0.2) is 30.3 Å². The molecule has 1 aromatic rings. The van der Waals surface area contributed by atoms with Crippen molar-refractivity contribution in [3.8, 4) is 0 Å². The number of methoxy groups -OCH3 is 5. The number of likely N-dealkylation sites (tertiary alicyclic amines) is 3. The highest BCUT2D eigenvalue weighted by atomic mass is 16.6. The lowest BCUT2D eigenvalue weighted by Gasteiger charge is -2.38. The lowest BCUT2D eigenvalue weighted by molar-refractivity contribution is -0.145. The Morgan fingerprint density at radius 2 is 0.896 bits per heavy atom. The van der Waals surface area contributed by atoms with Gasteiger partial charge in [0.1, 0.15) is 16.8 Å². The summed E-state index contributed by atoms with van der Waals surface area (Å²) < 4.78 is 47.1. The summed E-state index contributed by atoms with van der Waals surface area (Å²) >= 11 is 0. The number of amides is 3. The molecule has 1 aromatic carbocycles. The number of esters is 3. The second kappa shape index (κ2) is 24.6. The number of hydrogen-bond acceptors (Lipinski definition) is 15. The lowest BCUT2D eigenvalue weighted by atomic mass is 9.86. The van der Waals surface area contributed by atoms with Crippen LogP contribution in [0.2, 0.25) is 0 Å². The van der Waals surface area contributed by atoms with Gasteiger partial charge in [-0.1, -0.05) is 30.3 Å². The van der Waals surface area contributed by atoms with Crippen molar-refractivity contribution in [2.45, 2.75) is 142 Å². The predicted octanol–water partition coefficient (Wildman–Crippen LogP) is 7.08. The molecule has 3 aliphatic rings. The Balaban J connectivity index is 0.000000349. The number of ether oxygens (including phenoxy) is 9. The van der Waals surface area contributed by atoms with Crippen LogP contribution in [0.25, 0.3) is 0 Å². The van der Waals surface area contributed by atoms with E-state index < -0.39 is 57.6 Å². The number of hydrogen-bond donors (Lipinski definition) is 0. The minimum absolute atomic E-state index is 0.262. The Morgan fingerprint density at radius 1 is 0.537 bits per heavy atom. The van der Waals surface area contributed by atoms with Gasteiger partial charge in [-0.05, 0) is 114 Å². The molecule has 3 amide bonds. The van der Waals surface area contributed by atoms with E-state index in [4.69, 9.17) is 42.6 Å². The topological polar surface area (TPSA) is 195 Å². The number of carbonyl (C=O) groups excluding carboxylic acids is 6. The monoisotopic (exact) mass is 953 g/mol. The molecule has 382 valence electrons. The van der Waals surface area contributed by atoms with Crippen LogP contribution in [0.5, 0.6) is 0 Å². The van der Waals surface area contributed by atoms with Gasteiger partial charge >= 0.3 is 36.2 Å². The first kappa shape index (κ1) is 58.4. The zero-order valence-electron chi connectivity index (χ0n) is 43.4. The van der Waals surface area contributed by atoms with Gasteiger partial charge in [0, 0.05) is 40.5 Å². The molecule has 0 N–H and O–H groups in total. The van der Waals surface area contributed by atoms with Crippen LogP contribution in [0.3, 0.4) is 0 Å². The largest absolute Gasteiger partial charge is 0.469 e. The first-order chi connectivity index (χ1) is 31.0. The molecule has 67 heavy (non-hydrogen) atoms. The number of rotatable bonds is 12. The highest BCUT2D eigenvalue weighted by Crippen LogP contribution is 2.39. The van der Waals surface area contributed by atoms with Crippen molar-refractivity contribution in [1.29, 1.82) is 0 Å². The van der Waals surface area contributed by atoms with Crippen molar-refractivity contribution in [1.82, 2.24) is 14.7 Å². The molecule has 6 atom stereocenters. The van der Waals surface area contributed by atoms with Crippen LogP contribution in [0.1, 0.15) is 108 Å². The Bertz CT molecular complexity index is 1790. The zero-order chi connectivity index (χ0) is 51.2. The van der Waals surface area contributed by atoms with Crippen molar-refractivity contribution < 1.29 is 71.4 Å². The molecule has 0 aromatic heterocycles. The third kappa shape index (κ3) is 17.4. The molecule has 3 fully saturated rings. The van der Waals surface area contributed by atoms with Gasteiger partial charge in [-0.2, -0.15) is 0 Å². The summed E-state index contributed by atoms with van der Waals surface area (Å²) in [7, 11) is 7.26. The molecule has 0 saturated carbocycles. The normalized spacial score (nSPS) is 24.9. The summed E-state index contributed by atoms with van der Waals surface area (Å²) in [4.78, 5) is 78.1. The Kier molecular flexibility index (Phi) is 21.4. The van der Waals surface area contributed by atoms with Gasteiger partial charge in [0.05, 0.1) is 75.5 Å². The van der Waals surface area contributed by atoms with E-state index in [1.165, 1.54) is 21.3 Å². The van der Waals surface area contributed by atoms with Crippen LogP contribution >= 0.6 is 0 Å². The fourth-order valence-corrected chi connectivity index (χ4v) is 8.63. The molecule has 18 nitrogen and oxygen atoms in total. The first-order valence-electron chi connectivity index (χ1n) is 22.8. The summed E-state index contributed by atoms with van der Waals surface area (Å²) in [6.07, 6.45) is 0.790. The molecule has 18 heteroatoms. The SMILES string of the molecule is CCOC[C@]1(C)C[C@H](C(=O)OC)CN1C(=O)OC(C)(C)C.COC[C@]1(C)C[C@H]([13C](=O)OC)CN1C(=O)OC(C)(C)C.COC[C@]1(Cc2ccccc2)C[C@H](C(=O)OC)CN1C(=O)OC(C)(C)C. The fraction of sp³-hybridized carbons (Fsp3) is 0.755. The van der Waals surface area contributed by atoms with Crippen molar-refractivity contribution in [2.75, 3.05) is 81.6 Å². The smallest absolute Gasteiger partial charge is 0.410 e. The molecular formula is C49H81N3O15. The minimum Gasteiger partial charge on any atom is -0.469 e. The second-order valence-corrected chi connectivity index (χ2v) is 20.9. The third-order valence-electron chi connectivity index (χ3n) is 11.4. The van der Waals surface area contributed by atoms with E-state index >= 15 is 0 Å². The van der Waals surface area contributed by atoms with E-state index in [1.807, 2.05) is 113 Å². The lowest BCUT2D eigenvalue weighted by Crippen LogP contribution is -2.53. The van der Waals surface area contributed by atoms with Crippen molar-refractivity contribution in [3.05, 3.63) is 35.9 Å². The maximum Gasteiger partial charge on any atom is 0.410 e. The van der Waals surface area contributed by atoms with E-state index in [1.54, 1.807) is 28.9 Å². The van der Waals surface area contributed by atoms with Crippen LogP contribution in [-0.4, -0.2) is 166 Å². The van der Waals surface area contributed by atoms with E-state index in [0.717, 1.165) is 5.56 Å². The van der Waals surface area contributed by atoms with Crippen LogP contribution in [0, 0.1) is 17.8 Å². The van der Waals surface area contributed by atoms with Gasteiger partial charge in [0.25, 0.3) is 0 Å². The summed E-state index contributed by atoms with van der Waals surface area (Å²) in [6, 6.07) is 9.89.